The van der Waals surface area contributed by atoms with Gasteiger partial charge in [-0.05, 0) is 42.5 Å². The zero-order valence-corrected chi connectivity index (χ0v) is 17.3. The molecule has 5 heteroatoms. The molecule has 1 aliphatic rings. The molecule has 4 aromatic carbocycles. The summed E-state index contributed by atoms with van der Waals surface area (Å²) in [6.45, 7) is 0. The highest BCUT2D eigenvalue weighted by atomic mass is 16.5. The molecule has 1 aliphatic heterocycles. The lowest BCUT2D eigenvalue weighted by molar-refractivity contribution is 0.486. The van der Waals surface area contributed by atoms with Crippen LogP contribution >= 0.6 is 0 Å². The van der Waals surface area contributed by atoms with Gasteiger partial charge in [-0.2, -0.15) is 0 Å². The van der Waals surface area contributed by atoms with Crippen molar-refractivity contribution in [3.05, 3.63) is 91.1 Å². The lowest BCUT2D eigenvalue weighted by Gasteiger charge is -2.20. The van der Waals surface area contributed by atoms with Crippen molar-refractivity contribution >= 4 is 43.7 Å². The van der Waals surface area contributed by atoms with Crippen molar-refractivity contribution in [1.82, 2.24) is 14.5 Å². The molecule has 0 aliphatic carbocycles. The maximum absolute atomic E-state index is 6.32. The van der Waals surface area contributed by atoms with Crippen LogP contribution < -0.4 is 4.74 Å². The Balaban J connectivity index is 1.49. The predicted octanol–water partition coefficient (Wildman–Crippen LogP) is 7.25. The lowest BCUT2D eigenvalue weighted by atomic mass is 10.0. The number of fused-ring (bicyclic) bond motifs is 7. The van der Waals surface area contributed by atoms with Gasteiger partial charge in [0.05, 0.1) is 22.1 Å². The van der Waals surface area contributed by atoms with Gasteiger partial charge in [-0.3, -0.25) is 4.57 Å². The Bertz CT molecular complexity index is 1910. The third-order valence-corrected chi connectivity index (χ3v) is 6.45. The fraction of sp³-hybridized carbons (Fsp3) is 0. The third-order valence-electron chi connectivity index (χ3n) is 6.45. The zero-order chi connectivity index (χ0) is 21.5. The van der Waals surface area contributed by atoms with E-state index in [2.05, 4.69) is 24.3 Å². The average molecular weight is 425 g/mol. The van der Waals surface area contributed by atoms with Gasteiger partial charge < -0.3 is 9.15 Å². The molecule has 5 nitrogen and oxygen atoms in total. The first kappa shape index (κ1) is 17.0. The van der Waals surface area contributed by atoms with E-state index in [9.17, 15) is 0 Å². The molecule has 0 saturated heterocycles. The van der Waals surface area contributed by atoms with Crippen LogP contribution in [0.5, 0.6) is 11.5 Å². The minimum absolute atomic E-state index is 0.606. The smallest absolute Gasteiger partial charge is 0.235 e. The molecule has 0 unspecified atom stereocenters. The summed E-state index contributed by atoms with van der Waals surface area (Å²) < 4.78 is 14.5. The quantitative estimate of drug-likeness (QED) is 0.278. The second-order valence-electron chi connectivity index (χ2n) is 8.28. The summed E-state index contributed by atoms with van der Waals surface area (Å²) in [5.41, 5.74) is 5.38. The molecular formula is C28H15N3O2. The predicted molar refractivity (Wildman–Crippen MR) is 129 cm³/mol. The number of benzene rings is 4. The van der Waals surface area contributed by atoms with E-state index >= 15 is 0 Å². The summed E-state index contributed by atoms with van der Waals surface area (Å²) in [5, 5.41) is 4.20. The normalized spacial score (nSPS) is 12.5. The maximum Gasteiger partial charge on any atom is 0.235 e. The van der Waals surface area contributed by atoms with E-state index in [0.29, 0.717) is 5.95 Å². The lowest BCUT2D eigenvalue weighted by Crippen LogP contribution is -2.06. The van der Waals surface area contributed by atoms with E-state index in [1.165, 1.54) is 0 Å². The van der Waals surface area contributed by atoms with Crippen molar-refractivity contribution in [1.29, 1.82) is 0 Å². The minimum Gasteiger partial charge on any atom is -0.456 e. The first-order valence-electron chi connectivity index (χ1n) is 10.8. The second kappa shape index (κ2) is 5.99. The molecular weight excluding hydrogens is 410 g/mol. The molecule has 0 radical (unpaired) electrons. The maximum atomic E-state index is 6.32. The van der Waals surface area contributed by atoms with E-state index in [1.54, 1.807) is 0 Å². The average Bonchev–Trinajstić information content (AvgIpc) is 3.45. The molecule has 0 N–H and O–H groups in total. The Kier molecular flexibility index (Phi) is 3.08. The van der Waals surface area contributed by atoms with Gasteiger partial charge in [-0.15, -0.1) is 0 Å². The SMILES string of the molecule is c1ccc2c(c1)Oc1cccc3nc(-n4ccc5ccc6c7ccccc7oc6c54)nc-2c13. The highest BCUT2D eigenvalue weighted by molar-refractivity contribution is 6.14. The summed E-state index contributed by atoms with van der Waals surface area (Å²) in [6.07, 6.45) is 2.01. The Morgan fingerprint density at radius 3 is 2.58 bits per heavy atom. The molecule has 7 aromatic rings. The number of hydrogen-bond acceptors (Lipinski definition) is 4. The summed E-state index contributed by atoms with van der Waals surface area (Å²) in [6, 6.07) is 28.4. The van der Waals surface area contributed by atoms with Crippen molar-refractivity contribution in [2.24, 2.45) is 0 Å². The van der Waals surface area contributed by atoms with Crippen molar-refractivity contribution in [3.8, 4) is 28.7 Å². The van der Waals surface area contributed by atoms with Crippen LogP contribution in [0.4, 0.5) is 0 Å². The van der Waals surface area contributed by atoms with Gasteiger partial charge in [0.1, 0.15) is 17.1 Å². The van der Waals surface area contributed by atoms with Gasteiger partial charge in [0.2, 0.25) is 5.95 Å². The summed E-state index contributed by atoms with van der Waals surface area (Å²) >= 11 is 0. The number of furan rings is 1. The highest BCUT2D eigenvalue weighted by Gasteiger charge is 2.24. The van der Waals surface area contributed by atoms with Gasteiger partial charge in [0.25, 0.3) is 0 Å². The first-order valence-corrected chi connectivity index (χ1v) is 10.8. The topological polar surface area (TPSA) is 53.1 Å². The highest BCUT2D eigenvalue weighted by Crippen LogP contribution is 2.45. The van der Waals surface area contributed by atoms with Crippen molar-refractivity contribution in [3.63, 3.8) is 0 Å². The minimum atomic E-state index is 0.606. The largest absolute Gasteiger partial charge is 0.456 e. The fourth-order valence-corrected chi connectivity index (χ4v) is 4.97. The fourth-order valence-electron chi connectivity index (χ4n) is 4.97. The molecule has 0 bridgehead atoms. The number of para-hydroxylation sites is 2. The monoisotopic (exact) mass is 425 g/mol. The number of rotatable bonds is 1. The first-order chi connectivity index (χ1) is 16.3. The third kappa shape index (κ3) is 2.20. The van der Waals surface area contributed by atoms with E-state index in [1.807, 2.05) is 71.4 Å². The molecule has 0 atom stereocenters. The Morgan fingerprint density at radius 1 is 0.697 bits per heavy atom. The molecule has 3 aromatic heterocycles. The van der Waals surface area contributed by atoms with Crippen LogP contribution in [0.25, 0.3) is 61.0 Å². The number of aromatic nitrogens is 3. The van der Waals surface area contributed by atoms with Crippen LogP contribution in [-0.4, -0.2) is 14.5 Å². The van der Waals surface area contributed by atoms with Crippen LogP contribution in [0.15, 0.2) is 95.5 Å². The van der Waals surface area contributed by atoms with Crippen LogP contribution in [-0.2, 0) is 0 Å². The summed E-state index contributed by atoms with van der Waals surface area (Å²) in [7, 11) is 0. The van der Waals surface area contributed by atoms with E-state index in [-0.39, 0.29) is 0 Å². The Morgan fingerprint density at radius 2 is 1.58 bits per heavy atom. The van der Waals surface area contributed by atoms with Gasteiger partial charge in [0.15, 0.2) is 5.58 Å². The van der Waals surface area contributed by atoms with Crippen molar-refractivity contribution in [2.45, 2.75) is 0 Å². The molecule has 0 amide bonds. The molecule has 33 heavy (non-hydrogen) atoms. The zero-order valence-electron chi connectivity index (χ0n) is 17.3. The van der Waals surface area contributed by atoms with Crippen LogP contribution in [0, 0.1) is 0 Å². The van der Waals surface area contributed by atoms with E-state index < -0.39 is 0 Å². The van der Waals surface area contributed by atoms with Gasteiger partial charge in [-0.1, -0.05) is 42.5 Å². The van der Waals surface area contributed by atoms with E-state index in [4.69, 9.17) is 19.1 Å². The molecule has 8 rings (SSSR count). The van der Waals surface area contributed by atoms with E-state index in [0.717, 1.165) is 66.5 Å². The molecule has 4 heterocycles. The summed E-state index contributed by atoms with van der Waals surface area (Å²) in [5.74, 6) is 2.19. The van der Waals surface area contributed by atoms with Gasteiger partial charge in [0, 0.05) is 27.9 Å². The standard InChI is InChI=1S/C28H15N3O2/c1-3-9-21-17(6-1)18-13-12-16-14-15-31(26(16)27(18)33-21)28-29-20-8-5-11-23-24(20)25(30-28)19-7-2-4-10-22(19)32-23/h1-15H. The van der Waals surface area contributed by atoms with Crippen LogP contribution in [0.2, 0.25) is 0 Å². The van der Waals surface area contributed by atoms with Crippen LogP contribution in [0.1, 0.15) is 0 Å². The molecule has 0 spiro atoms. The number of nitrogens with zero attached hydrogens (tertiary/aromatic N) is 3. The summed E-state index contributed by atoms with van der Waals surface area (Å²) in [4.78, 5) is 9.99. The Labute approximate surface area is 187 Å². The van der Waals surface area contributed by atoms with Crippen molar-refractivity contribution in [2.75, 3.05) is 0 Å². The van der Waals surface area contributed by atoms with Gasteiger partial charge >= 0.3 is 0 Å². The molecule has 154 valence electrons. The Hall–Kier alpha value is -4.64. The van der Waals surface area contributed by atoms with Gasteiger partial charge in [-0.25, -0.2) is 9.97 Å². The number of ether oxygens (including phenoxy) is 1. The molecule has 0 fully saturated rings. The van der Waals surface area contributed by atoms with Crippen molar-refractivity contribution < 1.29 is 9.15 Å². The molecule has 0 saturated carbocycles. The second-order valence-corrected chi connectivity index (χ2v) is 8.28. The van der Waals surface area contributed by atoms with Crippen LogP contribution in [0.3, 0.4) is 0 Å². The number of hydrogen-bond donors (Lipinski definition) is 0.